The fourth-order valence-corrected chi connectivity index (χ4v) is 3.35. The fraction of sp³-hybridized carbons (Fsp3) is 0.190. The van der Waals surface area contributed by atoms with Crippen molar-refractivity contribution in [3.05, 3.63) is 76.1 Å². The number of hydrogen-bond donors (Lipinski definition) is 0. The summed E-state index contributed by atoms with van der Waals surface area (Å²) in [7, 11) is 0. The molecule has 0 atom stereocenters. The first-order valence-corrected chi connectivity index (χ1v) is 8.80. The zero-order valence-corrected chi connectivity index (χ0v) is 15.0. The van der Waals surface area contributed by atoms with E-state index in [-0.39, 0.29) is 11.8 Å². The summed E-state index contributed by atoms with van der Waals surface area (Å²) in [5.41, 5.74) is 0.00897. The van der Waals surface area contributed by atoms with Gasteiger partial charge in [-0.25, -0.2) is 0 Å². The summed E-state index contributed by atoms with van der Waals surface area (Å²) in [6, 6.07) is 14.1. The minimum Gasteiger partial charge on any atom is -0.336 e. The van der Waals surface area contributed by atoms with E-state index >= 15 is 0 Å². The molecule has 2 heterocycles. The molecule has 0 N–H and O–H groups in total. The monoisotopic (exact) mass is 397 g/mol. The second kappa shape index (κ2) is 6.78. The number of likely N-dealkylation sites (tertiary alicyclic amines) is 1. The highest BCUT2D eigenvalue weighted by molar-refractivity contribution is 5.98. The number of rotatable bonds is 2. The Morgan fingerprint density at radius 1 is 1.03 bits per heavy atom. The molecule has 1 amide bonds. The number of aromatic nitrogens is 1. The van der Waals surface area contributed by atoms with Gasteiger partial charge in [0.25, 0.3) is 11.5 Å². The van der Waals surface area contributed by atoms with Crippen molar-refractivity contribution < 1.29 is 18.0 Å². The van der Waals surface area contributed by atoms with E-state index in [9.17, 15) is 22.8 Å². The topological polar surface area (TPSA) is 66.1 Å². The number of hydrogen-bond acceptors (Lipinski definition) is 3. The van der Waals surface area contributed by atoms with Crippen molar-refractivity contribution in [2.45, 2.75) is 6.18 Å². The van der Waals surface area contributed by atoms with E-state index in [1.807, 2.05) is 0 Å². The van der Waals surface area contributed by atoms with E-state index in [0.717, 1.165) is 12.1 Å². The van der Waals surface area contributed by atoms with Crippen LogP contribution < -0.4 is 5.56 Å². The molecule has 0 spiro atoms. The first-order chi connectivity index (χ1) is 13.8. The number of alkyl halides is 3. The zero-order valence-electron chi connectivity index (χ0n) is 15.0. The molecule has 1 saturated heterocycles. The SMILES string of the molecule is N#CC1CN(C(=O)c2ccc3c(ccc(=O)n3-c3ccc(C(F)(F)F)cc3)c2)C1. The smallest absolute Gasteiger partial charge is 0.336 e. The Bertz CT molecular complexity index is 1200. The van der Waals surface area contributed by atoms with Crippen LogP contribution in [0, 0.1) is 17.2 Å². The van der Waals surface area contributed by atoms with Crippen LogP contribution in [-0.2, 0) is 6.18 Å². The van der Waals surface area contributed by atoms with Crippen molar-refractivity contribution in [1.29, 1.82) is 5.26 Å². The van der Waals surface area contributed by atoms with Crippen molar-refractivity contribution in [2.24, 2.45) is 5.92 Å². The Labute approximate surface area is 163 Å². The summed E-state index contributed by atoms with van der Waals surface area (Å²) in [4.78, 5) is 26.5. The van der Waals surface area contributed by atoms with Gasteiger partial charge in [-0.15, -0.1) is 0 Å². The number of nitrogens with zero attached hydrogens (tertiary/aromatic N) is 3. The summed E-state index contributed by atoms with van der Waals surface area (Å²) >= 11 is 0. The molecule has 1 aromatic heterocycles. The minimum atomic E-state index is -4.46. The van der Waals surface area contributed by atoms with E-state index in [2.05, 4.69) is 6.07 Å². The molecule has 5 nitrogen and oxygen atoms in total. The lowest BCUT2D eigenvalue weighted by molar-refractivity contribution is -0.137. The van der Waals surface area contributed by atoms with Crippen molar-refractivity contribution in [1.82, 2.24) is 9.47 Å². The third kappa shape index (κ3) is 3.36. The molecule has 1 aliphatic heterocycles. The quantitative estimate of drug-likeness (QED) is 0.664. The molecule has 0 radical (unpaired) electrons. The zero-order chi connectivity index (χ0) is 20.8. The lowest BCUT2D eigenvalue weighted by atomic mass is 10.00. The molecule has 1 fully saturated rings. The van der Waals surface area contributed by atoms with Crippen molar-refractivity contribution in [3.63, 3.8) is 0 Å². The molecule has 0 saturated carbocycles. The maximum atomic E-state index is 12.8. The summed E-state index contributed by atoms with van der Waals surface area (Å²) in [6.07, 6.45) is -4.46. The van der Waals surface area contributed by atoms with E-state index in [1.54, 1.807) is 29.2 Å². The Balaban J connectivity index is 1.72. The van der Waals surface area contributed by atoms with Crippen LogP contribution in [0.1, 0.15) is 15.9 Å². The van der Waals surface area contributed by atoms with Crippen LogP contribution in [0.5, 0.6) is 0 Å². The summed E-state index contributed by atoms with van der Waals surface area (Å²) < 4.78 is 39.7. The third-order valence-electron chi connectivity index (χ3n) is 4.95. The van der Waals surface area contributed by atoms with Gasteiger partial charge < -0.3 is 4.90 Å². The minimum absolute atomic E-state index is 0.149. The van der Waals surface area contributed by atoms with Gasteiger partial charge in [0, 0.05) is 30.4 Å². The molecular weight excluding hydrogens is 383 g/mol. The normalized spacial score (nSPS) is 14.5. The van der Waals surface area contributed by atoms with Crippen molar-refractivity contribution in [3.8, 4) is 11.8 Å². The molecule has 4 rings (SSSR count). The van der Waals surface area contributed by atoms with Crippen LogP contribution in [0.15, 0.2) is 59.4 Å². The van der Waals surface area contributed by atoms with Gasteiger partial charge in [-0.3, -0.25) is 14.2 Å². The molecule has 146 valence electrons. The Morgan fingerprint density at radius 2 is 1.72 bits per heavy atom. The maximum Gasteiger partial charge on any atom is 0.416 e. The van der Waals surface area contributed by atoms with E-state index < -0.39 is 17.3 Å². The molecular formula is C21H14F3N3O2. The van der Waals surface area contributed by atoms with Gasteiger partial charge in [-0.1, -0.05) is 0 Å². The summed E-state index contributed by atoms with van der Waals surface area (Å²) in [6.45, 7) is 0.775. The highest BCUT2D eigenvalue weighted by Gasteiger charge is 2.31. The molecule has 1 aliphatic rings. The average molecular weight is 397 g/mol. The van der Waals surface area contributed by atoms with Crippen LogP contribution in [0.25, 0.3) is 16.6 Å². The number of carbonyl (C=O) groups is 1. The lowest BCUT2D eigenvalue weighted by Gasteiger charge is -2.35. The highest BCUT2D eigenvalue weighted by atomic mass is 19.4. The third-order valence-corrected chi connectivity index (χ3v) is 4.95. The number of halogens is 3. The van der Waals surface area contributed by atoms with Crippen LogP contribution in [0.3, 0.4) is 0 Å². The van der Waals surface area contributed by atoms with Gasteiger partial charge in [0.15, 0.2) is 0 Å². The maximum absolute atomic E-state index is 12.8. The van der Waals surface area contributed by atoms with Crippen molar-refractivity contribution in [2.75, 3.05) is 13.1 Å². The molecule has 3 aromatic rings. The molecule has 0 unspecified atom stereocenters. The summed E-state index contributed by atoms with van der Waals surface area (Å²) in [5.74, 6) is -0.352. The summed E-state index contributed by atoms with van der Waals surface area (Å²) in [5, 5.41) is 9.45. The number of benzene rings is 2. The van der Waals surface area contributed by atoms with Crippen LogP contribution in [0.2, 0.25) is 0 Å². The van der Waals surface area contributed by atoms with Gasteiger partial charge in [0.05, 0.1) is 23.1 Å². The highest BCUT2D eigenvalue weighted by Crippen LogP contribution is 2.30. The van der Waals surface area contributed by atoms with Gasteiger partial charge in [0.1, 0.15) is 0 Å². The van der Waals surface area contributed by atoms with Crippen LogP contribution in [-0.4, -0.2) is 28.5 Å². The lowest BCUT2D eigenvalue weighted by Crippen LogP contribution is -2.49. The Morgan fingerprint density at radius 3 is 2.34 bits per heavy atom. The first-order valence-electron chi connectivity index (χ1n) is 8.80. The first kappa shape index (κ1) is 18.7. The molecule has 29 heavy (non-hydrogen) atoms. The van der Waals surface area contributed by atoms with Gasteiger partial charge in [-0.05, 0) is 53.9 Å². The second-order valence-electron chi connectivity index (χ2n) is 6.86. The van der Waals surface area contributed by atoms with Crippen LogP contribution in [0.4, 0.5) is 13.2 Å². The Kier molecular flexibility index (Phi) is 4.38. The number of amides is 1. The second-order valence-corrected chi connectivity index (χ2v) is 6.86. The van der Waals surface area contributed by atoms with Gasteiger partial charge >= 0.3 is 6.18 Å². The largest absolute Gasteiger partial charge is 0.416 e. The predicted molar refractivity (Wildman–Crippen MR) is 99.6 cm³/mol. The van der Waals surface area contributed by atoms with Crippen molar-refractivity contribution >= 4 is 16.8 Å². The predicted octanol–water partition coefficient (Wildman–Crippen LogP) is 3.61. The Hall–Kier alpha value is -3.60. The average Bonchev–Trinajstić information content (AvgIpc) is 2.66. The van der Waals surface area contributed by atoms with Crippen LogP contribution >= 0.6 is 0 Å². The standard InChI is InChI=1S/C21H14F3N3O2/c22-21(23,24)16-3-5-17(6-4-16)27-18-7-1-15(9-14(18)2-8-19(27)28)20(29)26-11-13(10-25)12-26/h1-9,13H,11-12H2. The van der Waals surface area contributed by atoms with Gasteiger partial charge in [0.2, 0.25) is 0 Å². The van der Waals surface area contributed by atoms with E-state index in [0.29, 0.717) is 35.2 Å². The number of fused-ring (bicyclic) bond motifs is 1. The molecule has 0 aliphatic carbocycles. The molecule has 8 heteroatoms. The van der Waals surface area contributed by atoms with Gasteiger partial charge in [-0.2, -0.15) is 18.4 Å². The fourth-order valence-electron chi connectivity index (χ4n) is 3.35. The van der Waals surface area contributed by atoms with E-state index in [1.165, 1.54) is 22.8 Å². The number of pyridine rings is 1. The molecule has 2 aromatic carbocycles. The number of nitriles is 1. The van der Waals surface area contributed by atoms with E-state index in [4.69, 9.17) is 5.26 Å². The molecule has 0 bridgehead atoms. The number of carbonyl (C=O) groups excluding carboxylic acids is 1.